The van der Waals surface area contributed by atoms with Crippen molar-refractivity contribution >= 4 is 5.97 Å². The van der Waals surface area contributed by atoms with Crippen molar-refractivity contribution < 1.29 is 24.1 Å². The molecule has 5 heteroatoms. The molecule has 0 spiro atoms. The van der Waals surface area contributed by atoms with Crippen molar-refractivity contribution in [3.05, 3.63) is 125 Å². The molecule has 0 amide bonds. The number of phenolic OH excluding ortho intramolecular Hbond substituents is 1. The molecule has 1 aliphatic heterocycles. The fourth-order valence-electron chi connectivity index (χ4n) is 4.49. The van der Waals surface area contributed by atoms with Crippen LogP contribution in [-0.2, 0) is 16.1 Å². The van der Waals surface area contributed by atoms with E-state index in [1.807, 2.05) is 78.9 Å². The minimum atomic E-state index is -0.416. The summed E-state index contributed by atoms with van der Waals surface area (Å²) in [6.45, 7) is 0.580. The topological polar surface area (TPSA) is 65.0 Å². The van der Waals surface area contributed by atoms with Crippen LogP contribution in [0.5, 0.6) is 17.2 Å². The van der Waals surface area contributed by atoms with Crippen LogP contribution >= 0.6 is 0 Å². The van der Waals surface area contributed by atoms with Crippen LogP contribution in [0.1, 0.15) is 34.1 Å². The zero-order valence-electron chi connectivity index (χ0n) is 19.2. The van der Waals surface area contributed by atoms with Gasteiger partial charge in [0.2, 0.25) is 0 Å². The number of benzene rings is 4. The quantitative estimate of drug-likeness (QED) is 0.348. The molecule has 0 aromatic heterocycles. The van der Waals surface area contributed by atoms with Crippen molar-refractivity contribution in [2.45, 2.75) is 18.4 Å². The summed E-state index contributed by atoms with van der Waals surface area (Å²) in [6.07, 6.45) is 0. The lowest BCUT2D eigenvalue weighted by molar-refractivity contribution is -0.147. The molecule has 4 aromatic carbocycles. The van der Waals surface area contributed by atoms with E-state index in [9.17, 15) is 9.90 Å². The highest BCUT2D eigenvalue weighted by molar-refractivity contribution is 5.71. The maximum atomic E-state index is 12.1. The number of phenols is 1. The normalized spacial score (nSPS) is 16.6. The molecule has 176 valence electrons. The van der Waals surface area contributed by atoms with E-state index in [1.54, 1.807) is 12.1 Å². The minimum Gasteiger partial charge on any atom is -0.508 e. The second kappa shape index (κ2) is 10.3. The number of carbonyl (C=O) groups is 1. The van der Waals surface area contributed by atoms with Gasteiger partial charge in [-0.05, 0) is 34.9 Å². The van der Waals surface area contributed by atoms with Gasteiger partial charge in [-0.2, -0.15) is 0 Å². The molecule has 5 nitrogen and oxygen atoms in total. The van der Waals surface area contributed by atoms with Crippen LogP contribution in [0.25, 0.3) is 0 Å². The van der Waals surface area contributed by atoms with E-state index in [2.05, 4.69) is 12.1 Å². The second-order valence-electron chi connectivity index (χ2n) is 8.53. The smallest absolute Gasteiger partial charge is 0.344 e. The van der Waals surface area contributed by atoms with E-state index in [4.69, 9.17) is 14.2 Å². The van der Waals surface area contributed by atoms with Crippen molar-refractivity contribution in [2.75, 3.05) is 13.2 Å². The molecule has 0 bridgehead atoms. The Hall–Kier alpha value is -4.25. The number of aromatic hydroxyl groups is 1. The van der Waals surface area contributed by atoms with Crippen LogP contribution < -0.4 is 9.47 Å². The molecule has 5 rings (SSSR count). The Labute approximate surface area is 204 Å². The molecule has 0 saturated heterocycles. The number of fused-ring (bicyclic) bond motifs is 1. The van der Waals surface area contributed by atoms with E-state index in [0.29, 0.717) is 18.1 Å². The number of ether oxygens (including phenoxy) is 3. The predicted molar refractivity (Wildman–Crippen MR) is 133 cm³/mol. The Balaban J connectivity index is 1.30. The molecule has 1 N–H and O–H groups in total. The van der Waals surface area contributed by atoms with Gasteiger partial charge in [-0.3, -0.25) is 0 Å². The SMILES string of the molecule is O=C(COc1ccc([C@H]2c3ccc(O)cc3OC[C@H]2c2ccccc2)cc1)OCc1ccccc1. The number of esters is 1. The second-order valence-corrected chi connectivity index (χ2v) is 8.53. The zero-order chi connectivity index (χ0) is 24.0. The monoisotopic (exact) mass is 466 g/mol. The lowest BCUT2D eigenvalue weighted by Crippen LogP contribution is -2.25. The van der Waals surface area contributed by atoms with Crippen LogP contribution in [0, 0.1) is 0 Å². The van der Waals surface area contributed by atoms with Gasteiger partial charge in [-0.25, -0.2) is 4.79 Å². The van der Waals surface area contributed by atoms with Gasteiger partial charge in [0.25, 0.3) is 0 Å². The number of rotatable bonds is 7. The van der Waals surface area contributed by atoms with Crippen molar-refractivity contribution in [1.29, 1.82) is 0 Å². The lowest BCUT2D eigenvalue weighted by Gasteiger charge is -2.34. The van der Waals surface area contributed by atoms with Crippen LogP contribution in [-0.4, -0.2) is 24.3 Å². The van der Waals surface area contributed by atoms with Crippen LogP contribution in [0.15, 0.2) is 103 Å². The van der Waals surface area contributed by atoms with Gasteiger partial charge in [0.1, 0.15) is 23.9 Å². The minimum absolute atomic E-state index is 0.0478. The molecular weight excluding hydrogens is 440 g/mol. The van der Waals surface area contributed by atoms with E-state index in [-0.39, 0.29) is 30.8 Å². The van der Waals surface area contributed by atoms with Gasteiger partial charge in [0.05, 0.1) is 6.61 Å². The molecule has 0 fully saturated rings. The van der Waals surface area contributed by atoms with Crippen molar-refractivity contribution in [2.24, 2.45) is 0 Å². The first-order valence-corrected chi connectivity index (χ1v) is 11.6. The summed E-state index contributed by atoms with van der Waals surface area (Å²) in [5, 5.41) is 9.94. The maximum absolute atomic E-state index is 12.1. The Bertz CT molecular complexity index is 1270. The Morgan fingerprint density at radius 3 is 2.31 bits per heavy atom. The Morgan fingerprint density at radius 1 is 0.857 bits per heavy atom. The highest BCUT2D eigenvalue weighted by atomic mass is 16.6. The van der Waals surface area contributed by atoms with Crippen LogP contribution in [0.3, 0.4) is 0 Å². The van der Waals surface area contributed by atoms with Crippen molar-refractivity contribution in [1.82, 2.24) is 0 Å². The average molecular weight is 467 g/mol. The predicted octanol–water partition coefficient (Wildman–Crippen LogP) is 5.82. The summed E-state index contributed by atoms with van der Waals surface area (Å²) in [6, 6.07) is 32.9. The van der Waals surface area contributed by atoms with E-state index in [0.717, 1.165) is 16.7 Å². The summed E-state index contributed by atoms with van der Waals surface area (Å²) in [5.41, 5.74) is 4.26. The molecule has 35 heavy (non-hydrogen) atoms. The third-order valence-corrected chi connectivity index (χ3v) is 6.22. The molecular formula is C30H26O5. The van der Waals surface area contributed by atoms with Gasteiger partial charge < -0.3 is 19.3 Å². The summed E-state index contributed by atoms with van der Waals surface area (Å²) in [4.78, 5) is 12.1. The van der Waals surface area contributed by atoms with Crippen molar-refractivity contribution in [3.63, 3.8) is 0 Å². The zero-order valence-corrected chi connectivity index (χ0v) is 19.2. The van der Waals surface area contributed by atoms with E-state index < -0.39 is 5.97 Å². The fourth-order valence-corrected chi connectivity index (χ4v) is 4.49. The first-order valence-electron chi connectivity index (χ1n) is 11.6. The molecule has 1 aliphatic rings. The third kappa shape index (κ3) is 5.30. The fraction of sp³-hybridized carbons (Fsp3) is 0.167. The van der Waals surface area contributed by atoms with Gasteiger partial charge in [-0.1, -0.05) is 78.9 Å². The molecule has 0 saturated carbocycles. The summed E-state index contributed by atoms with van der Waals surface area (Å²) >= 11 is 0. The third-order valence-electron chi connectivity index (χ3n) is 6.22. The largest absolute Gasteiger partial charge is 0.508 e. The first-order chi connectivity index (χ1) is 17.2. The van der Waals surface area contributed by atoms with Gasteiger partial charge >= 0.3 is 5.97 Å². The lowest BCUT2D eigenvalue weighted by atomic mass is 9.76. The Morgan fingerprint density at radius 2 is 1.57 bits per heavy atom. The Kier molecular flexibility index (Phi) is 6.66. The summed E-state index contributed by atoms with van der Waals surface area (Å²) < 4.78 is 17.0. The molecule has 1 heterocycles. The van der Waals surface area contributed by atoms with Crippen LogP contribution in [0.2, 0.25) is 0 Å². The van der Waals surface area contributed by atoms with E-state index >= 15 is 0 Å². The highest BCUT2D eigenvalue weighted by Gasteiger charge is 2.33. The first kappa shape index (κ1) is 22.5. The van der Waals surface area contributed by atoms with E-state index in [1.165, 1.54) is 5.56 Å². The number of hydrogen-bond donors (Lipinski definition) is 1. The molecule has 0 radical (unpaired) electrons. The molecule has 4 aromatic rings. The number of carbonyl (C=O) groups excluding carboxylic acids is 1. The highest BCUT2D eigenvalue weighted by Crippen LogP contribution is 2.47. The molecule has 2 atom stereocenters. The van der Waals surface area contributed by atoms with Gasteiger partial charge in [0, 0.05) is 23.5 Å². The molecule has 0 unspecified atom stereocenters. The van der Waals surface area contributed by atoms with Gasteiger partial charge in [-0.15, -0.1) is 0 Å². The van der Waals surface area contributed by atoms with Crippen LogP contribution in [0.4, 0.5) is 0 Å². The standard InChI is InChI=1S/C30H26O5/c31-24-13-16-26-28(17-24)34-19-27(22-9-5-2-6-10-22)30(26)23-11-14-25(15-12-23)33-20-29(32)35-18-21-7-3-1-4-8-21/h1-17,27,30-31H,18-20H2/t27-,30-/m0/s1. The number of hydrogen-bond acceptors (Lipinski definition) is 5. The van der Waals surface area contributed by atoms with Crippen molar-refractivity contribution in [3.8, 4) is 17.2 Å². The van der Waals surface area contributed by atoms with Gasteiger partial charge in [0.15, 0.2) is 6.61 Å². The average Bonchev–Trinajstić information content (AvgIpc) is 2.91. The summed E-state index contributed by atoms with van der Waals surface area (Å²) in [5.74, 6) is 1.23. The molecule has 0 aliphatic carbocycles. The summed E-state index contributed by atoms with van der Waals surface area (Å²) in [7, 11) is 0. The maximum Gasteiger partial charge on any atom is 0.344 e.